The first-order chi connectivity index (χ1) is 9.10. The number of ketones is 1. The Hall–Kier alpha value is -1.92. The molecule has 0 aromatic heterocycles. The lowest BCUT2D eigenvalue weighted by atomic mass is 9.97. The Labute approximate surface area is 117 Å². The molecule has 0 heterocycles. The zero-order valence-electron chi connectivity index (χ0n) is 12.1. The minimum absolute atomic E-state index is 0.136. The van der Waals surface area contributed by atoms with E-state index < -0.39 is 29.0 Å². The van der Waals surface area contributed by atoms with Crippen molar-refractivity contribution in [2.75, 3.05) is 7.11 Å². The molecule has 0 aliphatic heterocycles. The van der Waals surface area contributed by atoms with E-state index in [0.29, 0.717) is 0 Å². The standard InChI is InChI=1S/C13H19NO6/c1-12(2,3)9(16)20-11(18)14-13(10(17)19-4)6-5-8(15)7-13/h5-7H2,1-4H3,(H,14,18). The number of amides is 1. The number of hydrogen-bond donors (Lipinski definition) is 1. The number of rotatable bonds is 2. The minimum atomic E-state index is -1.43. The van der Waals surface area contributed by atoms with E-state index in [-0.39, 0.29) is 25.0 Å². The van der Waals surface area contributed by atoms with Crippen LogP contribution >= 0.6 is 0 Å². The van der Waals surface area contributed by atoms with Gasteiger partial charge in [0.1, 0.15) is 11.3 Å². The highest BCUT2D eigenvalue weighted by Crippen LogP contribution is 2.28. The third-order valence-corrected chi connectivity index (χ3v) is 3.04. The summed E-state index contributed by atoms with van der Waals surface area (Å²) in [5.41, 5.74) is -2.28. The monoisotopic (exact) mass is 285 g/mol. The first-order valence-corrected chi connectivity index (χ1v) is 6.25. The third-order valence-electron chi connectivity index (χ3n) is 3.04. The second-order valence-corrected chi connectivity index (χ2v) is 5.84. The Morgan fingerprint density at radius 2 is 1.85 bits per heavy atom. The number of ether oxygens (including phenoxy) is 2. The normalized spacial score (nSPS) is 22.3. The number of esters is 2. The van der Waals surface area contributed by atoms with Crippen molar-refractivity contribution in [1.29, 1.82) is 0 Å². The Bertz CT molecular complexity index is 450. The molecule has 0 spiro atoms. The molecular weight excluding hydrogens is 266 g/mol. The SMILES string of the molecule is COC(=O)C1(NC(=O)OC(=O)C(C)(C)C)CCC(=O)C1. The Morgan fingerprint density at radius 1 is 1.25 bits per heavy atom. The summed E-state index contributed by atoms with van der Waals surface area (Å²) >= 11 is 0. The van der Waals surface area contributed by atoms with Crippen LogP contribution in [0.25, 0.3) is 0 Å². The lowest BCUT2D eigenvalue weighted by Crippen LogP contribution is -2.54. The second-order valence-electron chi connectivity index (χ2n) is 5.84. The number of carbonyl (C=O) groups is 4. The molecule has 1 aliphatic rings. The maximum Gasteiger partial charge on any atom is 0.415 e. The van der Waals surface area contributed by atoms with Gasteiger partial charge in [0, 0.05) is 12.8 Å². The van der Waals surface area contributed by atoms with Crippen molar-refractivity contribution in [3.63, 3.8) is 0 Å². The van der Waals surface area contributed by atoms with E-state index in [1.165, 1.54) is 7.11 Å². The van der Waals surface area contributed by atoms with Gasteiger partial charge in [0.25, 0.3) is 0 Å². The van der Waals surface area contributed by atoms with E-state index in [0.717, 1.165) is 0 Å². The van der Waals surface area contributed by atoms with Gasteiger partial charge in [-0.25, -0.2) is 9.59 Å². The summed E-state index contributed by atoms with van der Waals surface area (Å²) < 4.78 is 9.24. The molecule has 112 valence electrons. The largest absolute Gasteiger partial charge is 0.467 e. The van der Waals surface area contributed by atoms with E-state index in [2.05, 4.69) is 14.8 Å². The minimum Gasteiger partial charge on any atom is -0.467 e. The average Bonchev–Trinajstić information content (AvgIpc) is 2.69. The van der Waals surface area contributed by atoms with Crippen molar-refractivity contribution in [3.8, 4) is 0 Å². The highest BCUT2D eigenvalue weighted by Gasteiger charge is 2.48. The quantitative estimate of drug-likeness (QED) is 0.599. The van der Waals surface area contributed by atoms with Gasteiger partial charge in [0.2, 0.25) is 0 Å². The molecule has 20 heavy (non-hydrogen) atoms. The van der Waals surface area contributed by atoms with Gasteiger partial charge in [0.15, 0.2) is 0 Å². The highest BCUT2D eigenvalue weighted by atomic mass is 16.6. The molecule has 1 saturated carbocycles. The van der Waals surface area contributed by atoms with Crippen LogP contribution in [-0.4, -0.2) is 36.5 Å². The molecule has 1 atom stereocenters. The van der Waals surface area contributed by atoms with Gasteiger partial charge < -0.3 is 14.8 Å². The Balaban J connectivity index is 2.77. The maximum absolute atomic E-state index is 11.8. The van der Waals surface area contributed by atoms with Gasteiger partial charge in [-0.05, 0) is 27.2 Å². The van der Waals surface area contributed by atoms with Gasteiger partial charge in [0.05, 0.1) is 12.5 Å². The molecule has 0 saturated heterocycles. The number of nitrogens with one attached hydrogen (secondary N) is 1. The molecule has 1 unspecified atom stereocenters. The van der Waals surface area contributed by atoms with E-state index >= 15 is 0 Å². The molecule has 0 aromatic rings. The molecule has 1 amide bonds. The van der Waals surface area contributed by atoms with Crippen LogP contribution in [0.3, 0.4) is 0 Å². The van der Waals surface area contributed by atoms with Crippen LogP contribution in [0.4, 0.5) is 4.79 Å². The summed E-state index contributed by atoms with van der Waals surface area (Å²) in [6.45, 7) is 4.79. The zero-order chi connectivity index (χ0) is 15.6. The van der Waals surface area contributed by atoms with E-state index in [9.17, 15) is 19.2 Å². The fraction of sp³-hybridized carbons (Fsp3) is 0.692. The van der Waals surface area contributed by atoms with E-state index in [4.69, 9.17) is 0 Å². The fourth-order valence-electron chi connectivity index (χ4n) is 1.85. The molecule has 0 radical (unpaired) electrons. The fourth-order valence-corrected chi connectivity index (χ4v) is 1.85. The molecule has 0 aromatic carbocycles. The van der Waals surface area contributed by atoms with Crippen LogP contribution in [0, 0.1) is 5.41 Å². The van der Waals surface area contributed by atoms with Crippen molar-refractivity contribution in [2.24, 2.45) is 5.41 Å². The summed E-state index contributed by atoms with van der Waals surface area (Å²) in [5, 5.41) is 2.30. The van der Waals surface area contributed by atoms with Crippen LogP contribution in [0.2, 0.25) is 0 Å². The zero-order valence-corrected chi connectivity index (χ0v) is 12.1. The van der Waals surface area contributed by atoms with Crippen LogP contribution in [0.15, 0.2) is 0 Å². The third kappa shape index (κ3) is 3.55. The summed E-state index contributed by atoms with van der Waals surface area (Å²) in [4.78, 5) is 46.5. The van der Waals surface area contributed by atoms with Gasteiger partial charge in [-0.1, -0.05) is 0 Å². The summed E-state index contributed by atoms with van der Waals surface area (Å²) in [7, 11) is 1.17. The summed E-state index contributed by atoms with van der Waals surface area (Å²) in [6.07, 6.45) is -0.900. The first kappa shape index (κ1) is 16.1. The Morgan fingerprint density at radius 3 is 2.25 bits per heavy atom. The van der Waals surface area contributed by atoms with E-state index in [1.54, 1.807) is 20.8 Å². The van der Waals surface area contributed by atoms with Gasteiger partial charge in [-0.3, -0.25) is 9.59 Å². The van der Waals surface area contributed by atoms with Gasteiger partial charge >= 0.3 is 18.0 Å². The maximum atomic E-state index is 11.8. The Kier molecular flexibility index (Phi) is 4.52. The lowest BCUT2D eigenvalue weighted by molar-refractivity contribution is -0.151. The predicted molar refractivity (Wildman–Crippen MR) is 67.7 cm³/mol. The lowest BCUT2D eigenvalue weighted by Gasteiger charge is -2.26. The molecule has 7 nitrogen and oxygen atoms in total. The van der Waals surface area contributed by atoms with Crippen LogP contribution in [-0.2, 0) is 23.9 Å². The molecule has 1 aliphatic carbocycles. The summed E-state index contributed by atoms with van der Waals surface area (Å²) in [6, 6.07) is 0. The second kappa shape index (κ2) is 5.60. The van der Waals surface area contributed by atoms with Crippen molar-refractivity contribution < 1.29 is 28.7 Å². The molecular formula is C13H19NO6. The molecule has 1 N–H and O–H groups in total. The molecule has 1 fully saturated rings. The van der Waals surface area contributed by atoms with Crippen molar-refractivity contribution >= 4 is 23.8 Å². The van der Waals surface area contributed by atoms with E-state index in [1.807, 2.05) is 0 Å². The molecule has 1 rings (SSSR count). The van der Waals surface area contributed by atoms with Crippen LogP contribution < -0.4 is 5.32 Å². The number of alkyl carbamates (subject to hydrolysis) is 1. The van der Waals surface area contributed by atoms with Gasteiger partial charge in [-0.15, -0.1) is 0 Å². The van der Waals surface area contributed by atoms with Gasteiger partial charge in [-0.2, -0.15) is 0 Å². The van der Waals surface area contributed by atoms with Crippen LogP contribution in [0.1, 0.15) is 40.0 Å². The van der Waals surface area contributed by atoms with Crippen molar-refractivity contribution in [1.82, 2.24) is 5.32 Å². The smallest absolute Gasteiger partial charge is 0.415 e. The molecule has 7 heteroatoms. The van der Waals surface area contributed by atoms with Crippen molar-refractivity contribution in [3.05, 3.63) is 0 Å². The highest BCUT2D eigenvalue weighted by molar-refractivity contribution is 5.97. The average molecular weight is 285 g/mol. The van der Waals surface area contributed by atoms with Crippen molar-refractivity contribution in [2.45, 2.75) is 45.6 Å². The predicted octanol–water partition coefficient (Wildman–Crippen LogP) is 0.950. The number of Topliss-reactive ketones (excluding diaryl/α,β-unsaturated/α-hetero) is 1. The summed E-state index contributed by atoms with van der Waals surface area (Å²) in [5.74, 6) is -1.60. The number of methoxy groups -OCH3 is 1. The van der Waals surface area contributed by atoms with Crippen LogP contribution in [0.5, 0.6) is 0 Å². The first-order valence-electron chi connectivity index (χ1n) is 6.25. The number of carbonyl (C=O) groups excluding carboxylic acids is 4. The topological polar surface area (TPSA) is 98.8 Å². The number of hydrogen-bond acceptors (Lipinski definition) is 6. The molecule has 0 bridgehead atoms.